The minimum absolute atomic E-state index is 0.224. The third-order valence-electron chi connectivity index (χ3n) is 2.25. The van der Waals surface area contributed by atoms with Gasteiger partial charge in [-0.15, -0.1) is 0 Å². The highest BCUT2D eigenvalue weighted by atomic mass is 35.5. The molecule has 1 aromatic heterocycles. The van der Waals surface area contributed by atoms with E-state index in [9.17, 15) is 17.6 Å². The smallest absolute Gasteiger partial charge is 0.225 e. The van der Waals surface area contributed by atoms with Crippen LogP contribution in [0.1, 0.15) is 5.56 Å². The molecule has 0 aliphatic heterocycles. The number of benzene rings is 1. The highest BCUT2D eigenvalue weighted by Crippen LogP contribution is 2.32. The van der Waals surface area contributed by atoms with Crippen molar-refractivity contribution in [2.75, 3.05) is 0 Å². The second-order valence-corrected chi connectivity index (χ2v) is 3.81. The minimum Gasteiger partial charge on any atom is -0.433 e. The van der Waals surface area contributed by atoms with Crippen LogP contribution in [0.3, 0.4) is 0 Å². The van der Waals surface area contributed by atoms with E-state index in [2.05, 4.69) is 9.97 Å². The van der Waals surface area contributed by atoms with Crippen LogP contribution in [0.2, 0.25) is 5.28 Å². The fraction of sp³-hybridized carbons (Fsp3) is 0.0909. The van der Waals surface area contributed by atoms with Gasteiger partial charge in [0.15, 0.2) is 17.5 Å². The molecule has 1 heterocycles. The molecule has 0 unspecified atom stereocenters. The third-order valence-corrected chi connectivity index (χ3v) is 2.43. The molecule has 0 atom stereocenters. The van der Waals surface area contributed by atoms with Gasteiger partial charge in [-0.2, -0.15) is 9.37 Å². The van der Waals surface area contributed by atoms with E-state index in [1.165, 1.54) is 6.20 Å². The first-order chi connectivity index (χ1) is 8.91. The average molecular weight is 293 g/mol. The lowest BCUT2D eigenvalue weighted by Crippen LogP contribution is -2.04. The second-order valence-electron chi connectivity index (χ2n) is 3.48. The fourth-order valence-corrected chi connectivity index (χ4v) is 1.43. The van der Waals surface area contributed by atoms with Crippen molar-refractivity contribution >= 4 is 11.6 Å². The first-order valence-electron chi connectivity index (χ1n) is 4.90. The van der Waals surface area contributed by atoms with Gasteiger partial charge < -0.3 is 4.74 Å². The van der Waals surface area contributed by atoms with Crippen molar-refractivity contribution in [3.05, 3.63) is 46.4 Å². The van der Waals surface area contributed by atoms with E-state index in [4.69, 9.17) is 16.3 Å². The van der Waals surface area contributed by atoms with Gasteiger partial charge in [0, 0.05) is 17.8 Å². The summed E-state index contributed by atoms with van der Waals surface area (Å²) in [7, 11) is 0. The van der Waals surface area contributed by atoms with Crippen molar-refractivity contribution in [2.24, 2.45) is 0 Å². The molecule has 0 bridgehead atoms. The molecule has 0 spiro atoms. The van der Waals surface area contributed by atoms with Crippen molar-refractivity contribution in [2.45, 2.75) is 6.92 Å². The molecule has 0 N–H and O–H groups in total. The quantitative estimate of drug-likeness (QED) is 0.366. The lowest BCUT2D eigenvalue weighted by molar-refractivity contribution is 0.356. The van der Waals surface area contributed by atoms with E-state index in [-0.39, 0.29) is 11.2 Å². The monoisotopic (exact) mass is 292 g/mol. The predicted octanol–water partition coefficient (Wildman–Crippen LogP) is 3.79. The summed E-state index contributed by atoms with van der Waals surface area (Å²) >= 11 is 5.45. The molecule has 19 heavy (non-hydrogen) atoms. The first-order valence-corrected chi connectivity index (χ1v) is 5.28. The third kappa shape index (κ3) is 2.46. The zero-order valence-corrected chi connectivity index (χ0v) is 10.1. The summed E-state index contributed by atoms with van der Waals surface area (Å²) in [4.78, 5) is 7.04. The Hall–Kier alpha value is -1.89. The first kappa shape index (κ1) is 13.5. The van der Waals surface area contributed by atoms with Gasteiger partial charge in [-0.3, -0.25) is 0 Å². The molecule has 0 radical (unpaired) electrons. The number of rotatable bonds is 2. The van der Waals surface area contributed by atoms with Crippen LogP contribution in [-0.4, -0.2) is 9.97 Å². The molecule has 0 saturated heterocycles. The molecule has 100 valence electrons. The van der Waals surface area contributed by atoms with Gasteiger partial charge in [-0.05, 0) is 18.5 Å². The molecule has 2 aromatic rings. The average Bonchev–Trinajstić information content (AvgIpc) is 2.39. The Kier molecular flexibility index (Phi) is 3.57. The maximum Gasteiger partial charge on any atom is 0.225 e. The van der Waals surface area contributed by atoms with Crippen LogP contribution in [0.4, 0.5) is 17.6 Å². The van der Waals surface area contributed by atoms with Crippen LogP contribution in [0.25, 0.3) is 0 Å². The molecule has 2 rings (SSSR count). The Bertz CT molecular complexity index is 622. The molecule has 3 nitrogen and oxygen atoms in total. The molecule has 0 aliphatic rings. The van der Waals surface area contributed by atoms with E-state index in [0.29, 0.717) is 0 Å². The summed E-state index contributed by atoms with van der Waals surface area (Å²) in [5, 5.41) is -0.224. The molecule has 8 heteroatoms. The van der Waals surface area contributed by atoms with Gasteiger partial charge in [0.1, 0.15) is 0 Å². The zero-order chi connectivity index (χ0) is 14.2. The van der Waals surface area contributed by atoms with Crippen molar-refractivity contribution in [1.29, 1.82) is 0 Å². The normalized spacial score (nSPS) is 10.6. The highest BCUT2D eigenvalue weighted by molar-refractivity contribution is 6.28. The molecule has 0 saturated carbocycles. The summed E-state index contributed by atoms with van der Waals surface area (Å²) in [6, 6.07) is 1.15. The summed E-state index contributed by atoms with van der Waals surface area (Å²) in [5.74, 6) is -7.96. The van der Waals surface area contributed by atoms with Crippen LogP contribution >= 0.6 is 11.6 Å². The highest BCUT2D eigenvalue weighted by Gasteiger charge is 2.25. The van der Waals surface area contributed by atoms with Crippen molar-refractivity contribution in [3.8, 4) is 11.6 Å². The number of hydrogen-bond acceptors (Lipinski definition) is 3. The van der Waals surface area contributed by atoms with E-state index in [0.717, 1.165) is 13.0 Å². The van der Waals surface area contributed by atoms with Gasteiger partial charge in [0.05, 0.1) is 0 Å². The van der Waals surface area contributed by atoms with Crippen LogP contribution in [0.5, 0.6) is 11.6 Å². The van der Waals surface area contributed by atoms with Crippen molar-refractivity contribution in [1.82, 2.24) is 9.97 Å². The molecule has 1 aromatic carbocycles. The Balaban J connectivity index is 2.52. The van der Waals surface area contributed by atoms with Gasteiger partial charge >= 0.3 is 0 Å². The number of ether oxygens (including phenoxy) is 1. The van der Waals surface area contributed by atoms with E-state index >= 15 is 0 Å². The minimum atomic E-state index is -1.82. The summed E-state index contributed by atoms with van der Waals surface area (Å²) in [6.07, 6.45) is 1.17. The Labute approximate surface area is 109 Å². The second kappa shape index (κ2) is 5.00. The summed E-state index contributed by atoms with van der Waals surface area (Å²) in [5.41, 5.74) is -0.700. The number of halogens is 5. The predicted molar refractivity (Wildman–Crippen MR) is 58.1 cm³/mol. The van der Waals surface area contributed by atoms with Gasteiger partial charge in [-0.25, -0.2) is 18.2 Å². The van der Waals surface area contributed by atoms with E-state index in [1.54, 1.807) is 0 Å². The van der Waals surface area contributed by atoms with Gasteiger partial charge in [0.2, 0.25) is 22.7 Å². The fourth-order valence-electron chi connectivity index (χ4n) is 1.29. The summed E-state index contributed by atoms with van der Waals surface area (Å²) < 4.78 is 58.1. The van der Waals surface area contributed by atoms with Crippen LogP contribution in [0.15, 0.2) is 12.3 Å². The van der Waals surface area contributed by atoms with Crippen molar-refractivity contribution in [3.63, 3.8) is 0 Å². The van der Waals surface area contributed by atoms with Crippen LogP contribution < -0.4 is 4.74 Å². The Morgan fingerprint density at radius 2 is 1.74 bits per heavy atom. The van der Waals surface area contributed by atoms with Crippen LogP contribution in [-0.2, 0) is 0 Å². The topological polar surface area (TPSA) is 35.0 Å². The lowest BCUT2D eigenvalue weighted by atomic mass is 10.2. The summed E-state index contributed by atoms with van der Waals surface area (Å²) in [6.45, 7) is 0.951. The Morgan fingerprint density at radius 3 is 2.37 bits per heavy atom. The molecule has 0 amide bonds. The maximum atomic E-state index is 13.6. The lowest BCUT2D eigenvalue weighted by Gasteiger charge is -2.10. The Morgan fingerprint density at radius 1 is 1.05 bits per heavy atom. The number of hydrogen-bond donors (Lipinski definition) is 0. The van der Waals surface area contributed by atoms with E-state index in [1.807, 2.05) is 0 Å². The number of nitrogens with zero attached hydrogens (tertiary/aromatic N) is 2. The maximum absolute atomic E-state index is 13.6. The standard InChI is InChI=1S/C11H5ClF4N2O/c1-4-6(13)8(15)9(16)10(7(4)14)19-5-2-3-17-11(12)18-5/h2-3H,1H3. The SMILES string of the molecule is Cc1c(F)c(F)c(F)c(Oc2ccnc(Cl)n2)c1F. The van der Waals surface area contributed by atoms with Gasteiger partial charge in [-0.1, -0.05) is 0 Å². The molecular weight excluding hydrogens is 288 g/mol. The largest absolute Gasteiger partial charge is 0.433 e. The van der Waals surface area contributed by atoms with E-state index < -0.39 is 34.6 Å². The van der Waals surface area contributed by atoms with Gasteiger partial charge in [0.25, 0.3) is 0 Å². The number of aromatic nitrogens is 2. The zero-order valence-electron chi connectivity index (χ0n) is 9.35. The molecule has 0 fully saturated rings. The molecular formula is C11H5ClF4N2O. The van der Waals surface area contributed by atoms with Crippen molar-refractivity contribution < 1.29 is 22.3 Å². The van der Waals surface area contributed by atoms with Crippen LogP contribution in [0, 0.1) is 30.2 Å². The molecule has 0 aliphatic carbocycles.